The highest BCUT2D eigenvalue weighted by molar-refractivity contribution is 7.10. The summed E-state index contributed by atoms with van der Waals surface area (Å²) in [6, 6.07) is 19.8. The number of hydrogen-bond acceptors (Lipinski definition) is 5. The lowest BCUT2D eigenvalue weighted by molar-refractivity contribution is -0.384. The van der Waals surface area contributed by atoms with Crippen LogP contribution >= 0.6 is 11.3 Å². The number of carbonyl (C=O) groups excluding carboxylic acids is 1. The van der Waals surface area contributed by atoms with E-state index >= 15 is 0 Å². The number of nitrogens with zero attached hydrogens (tertiary/aromatic N) is 4. The third-order valence-electron chi connectivity index (χ3n) is 5.43. The monoisotopic (exact) mass is 446 g/mol. The summed E-state index contributed by atoms with van der Waals surface area (Å²) in [4.78, 5) is 26.6. The number of nitro groups is 1. The molecule has 2 heterocycles. The van der Waals surface area contributed by atoms with Crippen LogP contribution < -0.4 is 0 Å². The average Bonchev–Trinajstić information content (AvgIpc) is 3.49. The van der Waals surface area contributed by atoms with Crippen molar-refractivity contribution in [1.82, 2.24) is 14.7 Å². The minimum atomic E-state index is -0.433. The Balaban J connectivity index is 1.67. The van der Waals surface area contributed by atoms with E-state index in [1.807, 2.05) is 61.0 Å². The van der Waals surface area contributed by atoms with Gasteiger partial charge >= 0.3 is 0 Å². The number of benzene rings is 2. The van der Waals surface area contributed by atoms with E-state index in [2.05, 4.69) is 0 Å². The van der Waals surface area contributed by atoms with E-state index in [0.29, 0.717) is 5.69 Å². The van der Waals surface area contributed by atoms with Crippen molar-refractivity contribution in [1.29, 1.82) is 0 Å². The molecule has 2 aromatic heterocycles. The molecule has 4 aromatic rings. The minimum Gasteiger partial charge on any atom is -0.338 e. The molecule has 4 rings (SSSR count). The molecule has 162 valence electrons. The van der Waals surface area contributed by atoms with Gasteiger partial charge in [0.05, 0.1) is 28.8 Å². The highest BCUT2D eigenvalue weighted by Crippen LogP contribution is 2.28. The topological polar surface area (TPSA) is 81.3 Å². The largest absolute Gasteiger partial charge is 0.338 e. The predicted molar refractivity (Wildman–Crippen MR) is 125 cm³/mol. The van der Waals surface area contributed by atoms with Crippen LogP contribution in [-0.4, -0.2) is 32.6 Å². The Kier molecular flexibility index (Phi) is 6.13. The summed E-state index contributed by atoms with van der Waals surface area (Å²) in [5.41, 5.74) is 3.00. The zero-order valence-corrected chi connectivity index (χ0v) is 18.5. The highest BCUT2D eigenvalue weighted by Gasteiger charge is 2.22. The van der Waals surface area contributed by atoms with Gasteiger partial charge in [-0.1, -0.05) is 24.3 Å². The summed E-state index contributed by atoms with van der Waals surface area (Å²) in [5, 5.41) is 17.7. The molecule has 1 amide bonds. The molecule has 7 nitrogen and oxygen atoms in total. The number of thiophene rings is 1. The van der Waals surface area contributed by atoms with Crippen LogP contribution in [0.15, 0.2) is 78.3 Å². The zero-order valence-electron chi connectivity index (χ0n) is 17.7. The Morgan fingerprint density at radius 2 is 1.84 bits per heavy atom. The molecule has 0 aliphatic carbocycles. The minimum absolute atomic E-state index is 0.0124. The molecule has 2 aromatic carbocycles. The maximum Gasteiger partial charge on any atom is 0.269 e. The van der Waals surface area contributed by atoms with Crippen molar-refractivity contribution in [2.75, 3.05) is 7.05 Å². The van der Waals surface area contributed by atoms with Crippen molar-refractivity contribution in [3.63, 3.8) is 0 Å². The standard InChI is InChI=1S/C24H22N4O3S/c1-17(22-9-6-14-32-22)26(2)23(29)15-19-16-27(20-7-4-3-5-8-20)25-24(19)18-10-12-21(13-11-18)28(30)31/h3-14,16-17H,15H2,1-2H3. The van der Waals surface area contributed by atoms with Crippen LogP contribution in [0, 0.1) is 10.1 Å². The van der Waals surface area contributed by atoms with Crippen molar-refractivity contribution in [2.45, 2.75) is 19.4 Å². The van der Waals surface area contributed by atoms with Gasteiger partial charge in [-0.25, -0.2) is 4.68 Å². The number of non-ortho nitro benzene ring substituents is 1. The second kappa shape index (κ2) is 9.15. The molecule has 0 saturated heterocycles. The van der Waals surface area contributed by atoms with E-state index in [-0.39, 0.29) is 24.1 Å². The third-order valence-corrected chi connectivity index (χ3v) is 6.48. The second-order valence-corrected chi connectivity index (χ2v) is 8.44. The summed E-state index contributed by atoms with van der Waals surface area (Å²) in [6.07, 6.45) is 2.03. The van der Waals surface area contributed by atoms with E-state index < -0.39 is 4.92 Å². The van der Waals surface area contributed by atoms with E-state index in [1.54, 1.807) is 40.1 Å². The van der Waals surface area contributed by atoms with Gasteiger partial charge in [0.1, 0.15) is 0 Å². The number of carbonyl (C=O) groups is 1. The number of nitro benzene ring substituents is 1. The molecule has 0 aliphatic heterocycles. The Bertz CT molecular complexity index is 1220. The third kappa shape index (κ3) is 4.45. The first-order valence-electron chi connectivity index (χ1n) is 10.1. The lowest BCUT2D eigenvalue weighted by Crippen LogP contribution is -2.30. The van der Waals surface area contributed by atoms with Gasteiger partial charge in [0.25, 0.3) is 5.69 Å². The van der Waals surface area contributed by atoms with Crippen molar-refractivity contribution in [3.05, 3.63) is 98.9 Å². The number of rotatable bonds is 7. The van der Waals surface area contributed by atoms with Crippen LogP contribution in [0.4, 0.5) is 5.69 Å². The van der Waals surface area contributed by atoms with Gasteiger partial charge in [0, 0.05) is 41.4 Å². The second-order valence-electron chi connectivity index (χ2n) is 7.46. The van der Waals surface area contributed by atoms with Crippen molar-refractivity contribution in [2.24, 2.45) is 0 Å². The molecule has 1 atom stereocenters. The van der Waals surface area contributed by atoms with Crippen LogP contribution in [0.2, 0.25) is 0 Å². The molecular weight excluding hydrogens is 424 g/mol. The molecule has 32 heavy (non-hydrogen) atoms. The van der Waals surface area contributed by atoms with E-state index in [9.17, 15) is 14.9 Å². The Hall–Kier alpha value is -3.78. The quantitative estimate of drug-likeness (QED) is 0.286. The molecule has 0 spiro atoms. The molecular formula is C24H22N4O3S. The highest BCUT2D eigenvalue weighted by atomic mass is 32.1. The SMILES string of the molecule is CC(c1cccs1)N(C)C(=O)Cc1cn(-c2ccccc2)nc1-c1ccc([N+](=O)[O-])cc1. The fraction of sp³-hybridized carbons (Fsp3) is 0.167. The molecule has 0 saturated carbocycles. The molecule has 0 N–H and O–H groups in total. The van der Waals surface area contributed by atoms with Crippen LogP contribution in [-0.2, 0) is 11.2 Å². The van der Waals surface area contributed by atoms with Crippen molar-refractivity contribution < 1.29 is 9.72 Å². The van der Waals surface area contributed by atoms with Crippen LogP contribution in [0.3, 0.4) is 0 Å². The number of likely N-dealkylation sites (N-methyl/N-ethyl adjacent to an activating group) is 1. The Morgan fingerprint density at radius 1 is 1.12 bits per heavy atom. The Morgan fingerprint density at radius 3 is 2.47 bits per heavy atom. The van der Waals surface area contributed by atoms with Gasteiger partial charge in [-0.3, -0.25) is 14.9 Å². The van der Waals surface area contributed by atoms with Crippen LogP contribution in [0.5, 0.6) is 0 Å². The smallest absolute Gasteiger partial charge is 0.269 e. The van der Waals surface area contributed by atoms with Gasteiger partial charge < -0.3 is 4.90 Å². The lowest BCUT2D eigenvalue weighted by atomic mass is 10.0. The molecule has 0 aliphatic rings. The lowest BCUT2D eigenvalue weighted by Gasteiger charge is -2.24. The van der Waals surface area contributed by atoms with Crippen LogP contribution in [0.25, 0.3) is 16.9 Å². The summed E-state index contributed by atoms with van der Waals surface area (Å²) >= 11 is 1.62. The molecule has 8 heteroatoms. The first kappa shape index (κ1) is 21.5. The number of para-hydroxylation sites is 1. The summed E-state index contributed by atoms with van der Waals surface area (Å²) in [6.45, 7) is 2.01. The maximum absolute atomic E-state index is 13.1. The van der Waals surface area contributed by atoms with Crippen LogP contribution in [0.1, 0.15) is 23.4 Å². The normalized spacial score (nSPS) is 11.8. The van der Waals surface area contributed by atoms with Gasteiger partial charge in [-0.05, 0) is 42.6 Å². The summed E-state index contributed by atoms with van der Waals surface area (Å²) < 4.78 is 1.74. The first-order valence-corrected chi connectivity index (χ1v) is 11.0. The zero-order chi connectivity index (χ0) is 22.7. The first-order chi connectivity index (χ1) is 15.4. The number of hydrogen-bond donors (Lipinski definition) is 0. The Labute approximate surface area is 189 Å². The molecule has 1 unspecified atom stereocenters. The average molecular weight is 447 g/mol. The van der Waals surface area contributed by atoms with E-state index in [0.717, 1.165) is 21.7 Å². The van der Waals surface area contributed by atoms with Gasteiger partial charge in [0.2, 0.25) is 5.91 Å². The summed E-state index contributed by atoms with van der Waals surface area (Å²) in [5.74, 6) is -0.0262. The molecule has 0 bridgehead atoms. The van der Waals surface area contributed by atoms with E-state index in [1.165, 1.54) is 12.1 Å². The molecule has 0 fully saturated rings. The maximum atomic E-state index is 13.1. The van der Waals surface area contributed by atoms with Crippen molar-refractivity contribution >= 4 is 22.9 Å². The fourth-order valence-corrected chi connectivity index (χ4v) is 4.29. The van der Waals surface area contributed by atoms with Crippen molar-refractivity contribution in [3.8, 4) is 16.9 Å². The van der Waals surface area contributed by atoms with E-state index in [4.69, 9.17) is 5.10 Å². The number of amides is 1. The van der Waals surface area contributed by atoms with Gasteiger partial charge in [0.15, 0.2) is 0 Å². The van der Waals surface area contributed by atoms with Gasteiger partial charge in [-0.15, -0.1) is 11.3 Å². The fourth-order valence-electron chi connectivity index (χ4n) is 3.46. The molecule has 0 radical (unpaired) electrons. The predicted octanol–water partition coefficient (Wildman–Crippen LogP) is 5.27. The van der Waals surface area contributed by atoms with Gasteiger partial charge in [-0.2, -0.15) is 5.10 Å². The number of aromatic nitrogens is 2. The summed E-state index contributed by atoms with van der Waals surface area (Å²) in [7, 11) is 1.81.